The Morgan fingerprint density at radius 3 is 2.37 bits per heavy atom. The molecule has 1 aromatic heterocycles. The third-order valence-electron chi connectivity index (χ3n) is 4.23. The highest BCUT2D eigenvalue weighted by Gasteiger charge is 2.18. The number of thioether (sulfide) groups is 1. The van der Waals surface area contributed by atoms with Gasteiger partial charge in [0.25, 0.3) is 0 Å². The maximum absolute atomic E-state index is 12.5. The molecule has 1 unspecified atom stereocenters. The van der Waals surface area contributed by atoms with E-state index in [0.29, 0.717) is 11.3 Å². The molecule has 0 aliphatic carbocycles. The normalized spacial score (nSPS) is 11.8. The van der Waals surface area contributed by atoms with Crippen molar-refractivity contribution in [3.8, 4) is 11.3 Å². The highest BCUT2D eigenvalue weighted by Crippen LogP contribution is 2.27. The highest BCUT2D eigenvalue weighted by atomic mass is 32.2. The van der Waals surface area contributed by atoms with Gasteiger partial charge >= 0.3 is 0 Å². The highest BCUT2D eigenvalue weighted by molar-refractivity contribution is 8.00. The third-order valence-corrected chi connectivity index (χ3v) is 5.38. The maximum Gasteiger partial charge on any atom is 0.237 e. The summed E-state index contributed by atoms with van der Waals surface area (Å²) in [5.74, 6) is -0.111. The van der Waals surface area contributed by atoms with Gasteiger partial charge in [-0.3, -0.25) is 9.59 Å². The topological polar surface area (TPSA) is 64.0 Å². The molecular formula is C21H21N3O2S. The van der Waals surface area contributed by atoms with Crippen LogP contribution in [0.4, 0.5) is 5.69 Å². The van der Waals surface area contributed by atoms with Gasteiger partial charge in [-0.05, 0) is 43.7 Å². The van der Waals surface area contributed by atoms with E-state index < -0.39 is 0 Å². The molecule has 5 nitrogen and oxygen atoms in total. The van der Waals surface area contributed by atoms with Crippen molar-refractivity contribution in [1.29, 1.82) is 0 Å². The first-order chi connectivity index (χ1) is 13.0. The maximum atomic E-state index is 12.5. The summed E-state index contributed by atoms with van der Waals surface area (Å²) in [6.07, 6.45) is 1.82. The summed E-state index contributed by atoms with van der Waals surface area (Å²) in [4.78, 5) is 28.3. The van der Waals surface area contributed by atoms with Crippen molar-refractivity contribution in [2.75, 3.05) is 5.32 Å². The Balaban J connectivity index is 1.66. The minimum Gasteiger partial charge on any atom is -0.325 e. The quantitative estimate of drug-likeness (QED) is 0.509. The van der Waals surface area contributed by atoms with Crippen molar-refractivity contribution in [1.82, 2.24) is 9.55 Å². The Hall–Kier alpha value is -2.86. The number of hydrogen-bond acceptors (Lipinski definition) is 4. The van der Waals surface area contributed by atoms with Gasteiger partial charge in [-0.1, -0.05) is 42.1 Å². The zero-order valence-electron chi connectivity index (χ0n) is 15.5. The summed E-state index contributed by atoms with van der Waals surface area (Å²) in [5, 5.41) is 3.34. The summed E-state index contributed by atoms with van der Waals surface area (Å²) < 4.78 is 1.99. The standard InChI is InChI=1S/C21H21N3O2S/c1-14(25)16-9-11-18(12-10-16)23-20(26)15(2)27-21-22-13-19(24(21)3)17-7-5-4-6-8-17/h4-13,15H,1-3H3,(H,23,26). The number of ketones is 1. The average Bonchev–Trinajstić information content (AvgIpc) is 3.03. The number of hydrogen-bond donors (Lipinski definition) is 1. The van der Waals surface area contributed by atoms with Crippen LogP contribution in [-0.2, 0) is 11.8 Å². The second kappa shape index (κ2) is 8.22. The van der Waals surface area contributed by atoms with E-state index in [9.17, 15) is 9.59 Å². The van der Waals surface area contributed by atoms with Crippen LogP contribution in [0.2, 0.25) is 0 Å². The van der Waals surface area contributed by atoms with E-state index >= 15 is 0 Å². The molecular weight excluding hydrogens is 358 g/mol. The van der Waals surface area contributed by atoms with Gasteiger partial charge in [0.15, 0.2) is 10.9 Å². The minimum absolute atomic E-state index is 0.000743. The largest absolute Gasteiger partial charge is 0.325 e. The number of Topliss-reactive ketones (excluding diaryl/α,β-unsaturated/α-hetero) is 1. The predicted molar refractivity (Wildman–Crippen MR) is 109 cm³/mol. The van der Waals surface area contributed by atoms with E-state index in [1.165, 1.54) is 18.7 Å². The molecule has 3 aromatic rings. The first-order valence-corrected chi connectivity index (χ1v) is 9.49. The number of aromatic nitrogens is 2. The molecule has 1 heterocycles. The first-order valence-electron chi connectivity index (χ1n) is 8.61. The van der Waals surface area contributed by atoms with Crippen molar-refractivity contribution in [3.05, 3.63) is 66.4 Å². The SMILES string of the molecule is CC(=O)c1ccc(NC(=O)C(C)Sc2ncc(-c3ccccc3)n2C)cc1. The molecule has 3 rings (SSSR count). The molecule has 1 atom stereocenters. The zero-order chi connectivity index (χ0) is 19.4. The van der Waals surface area contributed by atoms with Gasteiger partial charge in [-0.25, -0.2) is 4.98 Å². The monoisotopic (exact) mass is 379 g/mol. The van der Waals surface area contributed by atoms with Crippen LogP contribution in [0.15, 0.2) is 66.0 Å². The molecule has 0 radical (unpaired) electrons. The van der Waals surface area contributed by atoms with Crippen LogP contribution in [0.3, 0.4) is 0 Å². The molecule has 0 spiro atoms. The van der Waals surface area contributed by atoms with Crippen molar-refractivity contribution < 1.29 is 9.59 Å². The number of benzene rings is 2. The fourth-order valence-corrected chi connectivity index (χ4v) is 3.48. The van der Waals surface area contributed by atoms with Gasteiger partial charge in [0.2, 0.25) is 5.91 Å². The molecule has 27 heavy (non-hydrogen) atoms. The summed E-state index contributed by atoms with van der Waals surface area (Å²) in [6.45, 7) is 3.36. The van der Waals surface area contributed by atoms with Crippen molar-refractivity contribution in [2.24, 2.45) is 7.05 Å². The number of carbonyl (C=O) groups excluding carboxylic acids is 2. The summed E-state index contributed by atoms with van der Waals surface area (Å²) in [7, 11) is 1.95. The molecule has 6 heteroatoms. The number of amides is 1. The lowest BCUT2D eigenvalue weighted by atomic mass is 10.1. The molecule has 0 aliphatic rings. The molecule has 0 bridgehead atoms. The van der Waals surface area contributed by atoms with Gasteiger partial charge < -0.3 is 9.88 Å². The van der Waals surface area contributed by atoms with Gasteiger partial charge in [0, 0.05) is 18.3 Å². The second-order valence-corrected chi connectivity index (χ2v) is 7.54. The van der Waals surface area contributed by atoms with E-state index in [0.717, 1.165) is 16.4 Å². The smallest absolute Gasteiger partial charge is 0.237 e. The number of rotatable bonds is 6. The molecule has 138 valence electrons. The Morgan fingerprint density at radius 1 is 1.07 bits per heavy atom. The van der Waals surface area contributed by atoms with Gasteiger partial charge in [-0.2, -0.15) is 0 Å². The number of nitrogens with zero attached hydrogens (tertiary/aromatic N) is 2. The van der Waals surface area contributed by atoms with Crippen molar-refractivity contribution in [2.45, 2.75) is 24.3 Å². The van der Waals surface area contributed by atoms with Gasteiger partial charge in [0.1, 0.15) is 0 Å². The molecule has 0 saturated heterocycles. The van der Waals surface area contributed by atoms with Crippen LogP contribution >= 0.6 is 11.8 Å². The van der Waals surface area contributed by atoms with Crippen LogP contribution in [0.1, 0.15) is 24.2 Å². The molecule has 2 aromatic carbocycles. The molecule has 1 amide bonds. The minimum atomic E-state index is -0.317. The molecule has 0 fully saturated rings. The molecule has 0 aliphatic heterocycles. The number of nitrogens with one attached hydrogen (secondary N) is 1. The average molecular weight is 379 g/mol. The van der Waals surface area contributed by atoms with E-state index in [-0.39, 0.29) is 16.9 Å². The van der Waals surface area contributed by atoms with Gasteiger partial charge in [0.05, 0.1) is 17.1 Å². The Bertz CT molecular complexity index is 949. The summed E-state index contributed by atoms with van der Waals surface area (Å²) >= 11 is 1.41. The van der Waals surface area contributed by atoms with Crippen LogP contribution in [-0.4, -0.2) is 26.5 Å². The lowest BCUT2D eigenvalue weighted by Crippen LogP contribution is -2.22. The Kier molecular flexibility index (Phi) is 5.76. The zero-order valence-corrected chi connectivity index (χ0v) is 16.3. The van der Waals surface area contributed by atoms with Crippen molar-refractivity contribution in [3.63, 3.8) is 0 Å². The lowest BCUT2D eigenvalue weighted by Gasteiger charge is -2.12. The fraction of sp³-hybridized carbons (Fsp3) is 0.190. The van der Waals surface area contributed by atoms with Crippen LogP contribution in [0.25, 0.3) is 11.3 Å². The number of anilines is 1. The fourth-order valence-electron chi connectivity index (χ4n) is 2.62. The Morgan fingerprint density at radius 2 is 1.74 bits per heavy atom. The lowest BCUT2D eigenvalue weighted by molar-refractivity contribution is -0.115. The predicted octanol–water partition coefficient (Wildman–Crippen LogP) is 4.41. The Labute approximate surface area is 162 Å². The summed E-state index contributed by atoms with van der Waals surface area (Å²) in [5.41, 5.74) is 3.38. The van der Waals surface area contributed by atoms with Gasteiger partial charge in [-0.15, -0.1) is 0 Å². The van der Waals surface area contributed by atoms with E-state index in [1.54, 1.807) is 24.3 Å². The first kappa shape index (κ1) is 18.9. The molecule has 1 N–H and O–H groups in total. The van der Waals surface area contributed by atoms with Crippen LogP contribution in [0, 0.1) is 0 Å². The van der Waals surface area contributed by atoms with E-state index in [1.807, 2.05) is 55.1 Å². The second-order valence-electron chi connectivity index (χ2n) is 6.23. The van der Waals surface area contributed by atoms with E-state index in [2.05, 4.69) is 10.3 Å². The third kappa shape index (κ3) is 4.46. The number of carbonyl (C=O) groups is 2. The van der Waals surface area contributed by atoms with Crippen molar-refractivity contribution >= 4 is 29.1 Å². The van der Waals surface area contributed by atoms with Crippen LogP contribution < -0.4 is 5.32 Å². The van der Waals surface area contributed by atoms with Crippen LogP contribution in [0.5, 0.6) is 0 Å². The molecule has 0 saturated carbocycles. The summed E-state index contributed by atoms with van der Waals surface area (Å²) in [6, 6.07) is 16.9. The number of imidazole rings is 1. The van der Waals surface area contributed by atoms with E-state index in [4.69, 9.17) is 0 Å².